The fraction of sp³-hybridized carbons (Fsp3) is 0.154. The van der Waals surface area contributed by atoms with E-state index in [1.54, 1.807) is 30.6 Å². The molecule has 0 fully saturated rings. The zero-order valence-electron chi connectivity index (χ0n) is 8.98. The average Bonchev–Trinajstić information content (AvgIpc) is 2.34. The lowest BCUT2D eigenvalue weighted by Crippen LogP contribution is -2.01. The lowest BCUT2D eigenvalue weighted by atomic mass is 10.0. The number of halogens is 2. The highest BCUT2D eigenvalue weighted by atomic mass is 35.5. The summed E-state index contributed by atoms with van der Waals surface area (Å²) in [6.07, 6.45) is 3.35. The zero-order valence-corrected chi connectivity index (χ0v) is 10.5. The van der Waals surface area contributed by atoms with E-state index in [1.165, 1.54) is 0 Å². The van der Waals surface area contributed by atoms with Gasteiger partial charge >= 0.3 is 0 Å². The molecule has 2 aromatic rings. The number of aliphatic hydroxyl groups excluding tert-OH is 1. The molecule has 1 aromatic carbocycles. The van der Waals surface area contributed by atoms with E-state index in [0.717, 1.165) is 11.1 Å². The number of hydrogen-bond acceptors (Lipinski definition) is 2. The number of hydrogen-bond donors (Lipinski definition) is 1. The Labute approximate surface area is 110 Å². The summed E-state index contributed by atoms with van der Waals surface area (Å²) in [6.45, 7) is 0. The molecule has 0 saturated carbocycles. The van der Waals surface area contributed by atoms with E-state index in [2.05, 4.69) is 4.98 Å². The molecule has 0 radical (unpaired) electrons. The summed E-state index contributed by atoms with van der Waals surface area (Å²) in [5.41, 5.74) is 1.79. The second kappa shape index (κ2) is 5.50. The smallest absolute Gasteiger partial charge is 0.0830 e. The van der Waals surface area contributed by atoms with Gasteiger partial charge in [-0.15, -0.1) is 0 Å². The van der Waals surface area contributed by atoms with E-state index in [-0.39, 0.29) is 0 Å². The highest BCUT2D eigenvalue weighted by Gasteiger charge is 2.10. The van der Waals surface area contributed by atoms with Gasteiger partial charge in [0.15, 0.2) is 0 Å². The van der Waals surface area contributed by atoms with Crippen LogP contribution in [0.4, 0.5) is 0 Å². The Bertz CT molecular complexity index is 502. The number of pyridine rings is 1. The minimum atomic E-state index is -0.591. The van der Waals surface area contributed by atoms with Crippen molar-refractivity contribution >= 4 is 23.2 Å². The van der Waals surface area contributed by atoms with Crippen LogP contribution in [0.25, 0.3) is 0 Å². The molecule has 1 N–H and O–H groups in total. The maximum atomic E-state index is 10.1. The Morgan fingerprint density at radius 1 is 1.06 bits per heavy atom. The maximum absolute atomic E-state index is 10.1. The number of rotatable bonds is 3. The minimum Gasteiger partial charge on any atom is -0.388 e. The molecule has 0 bridgehead atoms. The van der Waals surface area contributed by atoms with Gasteiger partial charge in [-0.05, 0) is 35.4 Å². The van der Waals surface area contributed by atoms with Crippen molar-refractivity contribution in [1.82, 2.24) is 4.98 Å². The Balaban J connectivity index is 2.14. The first-order valence-electron chi connectivity index (χ1n) is 5.19. The van der Waals surface area contributed by atoms with Gasteiger partial charge in [0.05, 0.1) is 16.1 Å². The van der Waals surface area contributed by atoms with E-state index in [1.807, 2.05) is 12.1 Å². The molecule has 4 heteroatoms. The summed E-state index contributed by atoms with van der Waals surface area (Å²) in [4.78, 5) is 3.93. The second-order valence-electron chi connectivity index (χ2n) is 3.75. The lowest BCUT2D eigenvalue weighted by Gasteiger charge is -2.11. The van der Waals surface area contributed by atoms with Gasteiger partial charge in [-0.1, -0.05) is 29.3 Å². The predicted octanol–water partition coefficient (Wildman–Crippen LogP) is 3.66. The van der Waals surface area contributed by atoms with E-state index in [9.17, 15) is 5.11 Å². The monoisotopic (exact) mass is 267 g/mol. The summed E-state index contributed by atoms with van der Waals surface area (Å²) in [5.74, 6) is 0. The van der Waals surface area contributed by atoms with Gasteiger partial charge in [-0.25, -0.2) is 0 Å². The molecular formula is C13H11Cl2NO. The standard InChI is InChI=1S/C13H11Cl2NO/c14-11-2-1-10(8-12(11)15)13(17)7-9-3-5-16-6-4-9/h1-6,8,13,17H,7H2. The van der Waals surface area contributed by atoms with Crippen LogP contribution in [0, 0.1) is 0 Å². The zero-order chi connectivity index (χ0) is 12.3. The number of aromatic nitrogens is 1. The van der Waals surface area contributed by atoms with Crippen LogP contribution in [0.3, 0.4) is 0 Å². The molecule has 0 aliphatic heterocycles. The molecule has 0 saturated heterocycles. The van der Waals surface area contributed by atoms with Gasteiger partial charge in [-0.3, -0.25) is 4.98 Å². The molecule has 0 aliphatic carbocycles. The van der Waals surface area contributed by atoms with Crippen LogP contribution in [0.1, 0.15) is 17.2 Å². The topological polar surface area (TPSA) is 33.1 Å². The molecule has 0 aliphatic rings. The van der Waals surface area contributed by atoms with Crippen molar-refractivity contribution < 1.29 is 5.11 Å². The van der Waals surface area contributed by atoms with Gasteiger partial charge in [0.2, 0.25) is 0 Å². The normalized spacial score (nSPS) is 12.4. The first-order chi connectivity index (χ1) is 8.16. The largest absolute Gasteiger partial charge is 0.388 e. The molecule has 17 heavy (non-hydrogen) atoms. The Morgan fingerprint density at radius 3 is 2.41 bits per heavy atom. The molecule has 1 heterocycles. The first kappa shape index (κ1) is 12.4. The van der Waals surface area contributed by atoms with Gasteiger partial charge in [0.25, 0.3) is 0 Å². The van der Waals surface area contributed by atoms with E-state index in [0.29, 0.717) is 16.5 Å². The fourth-order valence-electron chi connectivity index (χ4n) is 1.58. The first-order valence-corrected chi connectivity index (χ1v) is 5.94. The molecule has 88 valence electrons. The predicted molar refractivity (Wildman–Crippen MR) is 69.4 cm³/mol. The van der Waals surface area contributed by atoms with Crippen LogP contribution >= 0.6 is 23.2 Å². The number of benzene rings is 1. The minimum absolute atomic E-state index is 0.456. The van der Waals surface area contributed by atoms with Crippen LogP contribution in [0.15, 0.2) is 42.7 Å². The second-order valence-corrected chi connectivity index (χ2v) is 4.56. The maximum Gasteiger partial charge on any atom is 0.0830 e. The molecule has 0 spiro atoms. The lowest BCUT2D eigenvalue weighted by molar-refractivity contribution is 0.178. The number of nitrogens with zero attached hydrogens (tertiary/aromatic N) is 1. The molecule has 0 amide bonds. The van der Waals surface area contributed by atoms with Crippen LogP contribution in [0.5, 0.6) is 0 Å². The molecule has 1 atom stereocenters. The van der Waals surface area contributed by atoms with Gasteiger partial charge in [0.1, 0.15) is 0 Å². The summed E-state index contributed by atoms with van der Waals surface area (Å²) < 4.78 is 0. The van der Waals surface area contributed by atoms with Crippen molar-refractivity contribution in [2.45, 2.75) is 12.5 Å². The quantitative estimate of drug-likeness (QED) is 0.921. The van der Waals surface area contributed by atoms with Crippen LogP contribution in [0.2, 0.25) is 10.0 Å². The molecule has 2 nitrogen and oxygen atoms in total. The highest BCUT2D eigenvalue weighted by Crippen LogP contribution is 2.26. The van der Waals surface area contributed by atoms with Crippen LogP contribution < -0.4 is 0 Å². The third kappa shape index (κ3) is 3.19. The molecule has 1 aromatic heterocycles. The van der Waals surface area contributed by atoms with Crippen molar-refractivity contribution in [3.63, 3.8) is 0 Å². The van der Waals surface area contributed by atoms with Crippen molar-refractivity contribution in [3.8, 4) is 0 Å². The average molecular weight is 268 g/mol. The Kier molecular flexibility index (Phi) is 4.00. The summed E-state index contributed by atoms with van der Waals surface area (Å²) in [5, 5.41) is 11.0. The van der Waals surface area contributed by atoms with Gasteiger partial charge < -0.3 is 5.11 Å². The van der Waals surface area contributed by atoms with Crippen molar-refractivity contribution in [2.24, 2.45) is 0 Å². The highest BCUT2D eigenvalue weighted by molar-refractivity contribution is 6.42. The molecular weight excluding hydrogens is 257 g/mol. The Morgan fingerprint density at radius 2 is 1.76 bits per heavy atom. The summed E-state index contributed by atoms with van der Waals surface area (Å²) in [6, 6.07) is 8.91. The van der Waals surface area contributed by atoms with Gasteiger partial charge in [-0.2, -0.15) is 0 Å². The Hall–Kier alpha value is -1.09. The van der Waals surface area contributed by atoms with Gasteiger partial charge in [0, 0.05) is 18.8 Å². The van der Waals surface area contributed by atoms with E-state index >= 15 is 0 Å². The summed E-state index contributed by atoms with van der Waals surface area (Å²) >= 11 is 11.7. The van der Waals surface area contributed by atoms with Crippen LogP contribution in [-0.2, 0) is 6.42 Å². The van der Waals surface area contributed by atoms with Crippen molar-refractivity contribution in [2.75, 3.05) is 0 Å². The molecule has 1 unspecified atom stereocenters. The fourth-order valence-corrected chi connectivity index (χ4v) is 1.89. The molecule has 2 rings (SSSR count). The van der Waals surface area contributed by atoms with E-state index < -0.39 is 6.10 Å². The van der Waals surface area contributed by atoms with Crippen molar-refractivity contribution in [3.05, 3.63) is 63.9 Å². The van der Waals surface area contributed by atoms with E-state index in [4.69, 9.17) is 23.2 Å². The number of aliphatic hydroxyl groups is 1. The third-order valence-corrected chi connectivity index (χ3v) is 3.25. The third-order valence-electron chi connectivity index (χ3n) is 2.51. The van der Waals surface area contributed by atoms with Crippen LogP contribution in [-0.4, -0.2) is 10.1 Å². The van der Waals surface area contributed by atoms with Crippen molar-refractivity contribution in [1.29, 1.82) is 0 Å². The summed E-state index contributed by atoms with van der Waals surface area (Å²) in [7, 11) is 0. The SMILES string of the molecule is OC(Cc1ccncc1)c1ccc(Cl)c(Cl)c1.